The van der Waals surface area contributed by atoms with Crippen molar-refractivity contribution in [2.75, 3.05) is 0 Å². The average Bonchev–Trinajstić information content (AvgIpc) is 2.44. The van der Waals surface area contributed by atoms with Crippen LogP contribution in [0.15, 0.2) is 0 Å². The minimum Gasteiger partial charge on any atom is -0.352 e. The number of hydrogen-bond acceptors (Lipinski definition) is 2. The van der Waals surface area contributed by atoms with E-state index in [0.29, 0.717) is 18.0 Å². The van der Waals surface area contributed by atoms with Crippen LogP contribution in [0.1, 0.15) is 72.1 Å². The van der Waals surface area contributed by atoms with E-state index in [1.54, 1.807) is 0 Å². The van der Waals surface area contributed by atoms with E-state index in [-0.39, 0.29) is 11.9 Å². The van der Waals surface area contributed by atoms with Gasteiger partial charge in [-0.25, -0.2) is 0 Å². The van der Waals surface area contributed by atoms with E-state index in [1.165, 1.54) is 38.5 Å². The lowest BCUT2D eigenvalue weighted by Gasteiger charge is -2.40. The Bertz CT molecular complexity index is 316. The number of hydrogen-bond donors (Lipinski definition) is 2. The summed E-state index contributed by atoms with van der Waals surface area (Å²) in [6, 6.07) is 0.950. The summed E-state index contributed by atoms with van der Waals surface area (Å²) in [7, 11) is 0. The molecule has 116 valence electrons. The Labute approximate surface area is 124 Å². The zero-order chi connectivity index (χ0) is 14.5. The second-order valence-corrected chi connectivity index (χ2v) is 7.33. The van der Waals surface area contributed by atoms with Gasteiger partial charge in [-0.2, -0.15) is 0 Å². The lowest BCUT2D eigenvalue weighted by atomic mass is 9.77. The molecule has 3 heteroatoms. The molecule has 1 amide bonds. The van der Waals surface area contributed by atoms with E-state index < -0.39 is 0 Å². The third kappa shape index (κ3) is 4.47. The summed E-state index contributed by atoms with van der Waals surface area (Å²) >= 11 is 0. The third-order valence-electron chi connectivity index (χ3n) is 5.03. The van der Waals surface area contributed by atoms with Gasteiger partial charge in [-0.05, 0) is 57.3 Å². The molecule has 3 nitrogen and oxygen atoms in total. The van der Waals surface area contributed by atoms with Crippen LogP contribution >= 0.6 is 0 Å². The van der Waals surface area contributed by atoms with Crippen LogP contribution in [0.4, 0.5) is 0 Å². The summed E-state index contributed by atoms with van der Waals surface area (Å²) in [5, 5.41) is 6.81. The fraction of sp³-hybridized carbons (Fsp3) is 0.941. The molecule has 2 N–H and O–H groups in total. The van der Waals surface area contributed by atoms with E-state index in [2.05, 4.69) is 31.4 Å². The summed E-state index contributed by atoms with van der Waals surface area (Å²) in [5.74, 6) is 1.77. The van der Waals surface area contributed by atoms with Crippen LogP contribution < -0.4 is 10.6 Å². The molecule has 1 aliphatic carbocycles. The second-order valence-electron chi connectivity index (χ2n) is 7.33. The van der Waals surface area contributed by atoms with Crippen molar-refractivity contribution >= 4 is 5.91 Å². The highest BCUT2D eigenvalue weighted by Gasteiger charge is 2.34. The summed E-state index contributed by atoms with van der Waals surface area (Å²) < 4.78 is 0. The standard InChI is InChI=1S/C17H32N2O/c1-12(2)8-9-13(3)18-17(20)16-11-10-14-6-4-5-7-15(14)19-16/h12-16,19H,4-11H2,1-3H3,(H,18,20). The number of fused-ring (bicyclic) bond motifs is 1. The molecule has 0 aromatic carbocycles. The maximum Gasteiger partial charge on any atom is 0.237 e. The average molecular weight is 280 g/mol. The van der Waals surface area contributed by atoms with Crippen LogP contribution in [0, 0.1) is 11.8 Å². The predicted octanol–water partition coefficient (Wildman–Crippen LogP) is 3.24. The highest BCUT2D eigenvalue weighted by Crippen LogP contribution is 2.32. The zero-order valence-corrected chi connectivity index (χ0v) is 13.5. The van der Waals surface area contributed by atoms with Gasteiger partial charge in [-0.1, -0.05) is 26.7 Å². The molecule has 1 saturated heterocycles. The van der Waals surface area contributed by atoms with Crippen molar-refractivity contribution in [1.29, 1.82) is 0 Å². The zero-order valence-electron chi connectivity index (χ0n) is 13.5. The van der Waals surface area contributed by atoms with Crippen molar-refractivity contribution < 1.29 is 4.79 Å². The van der Waals surface area contributed by atoms with Crippen molar-refractivity contribution in [1.82, 2.24) is 10.6 Å². The summed E-state index contributed by atoms with van der Waals surface area (Å²) in [5.41, 5.74) is 0. The summed E-state index contributed by atoms with van der Waals surface area (Å²) in [6.07, 6.45) is 9.85. The highest BCUT2D eigenvalue weighted by atomic mass is 16.2. The summed E-state index contributed by atoms with van der Waals surface area (Å²) in [6.45, 7) is 6.60. The maximum atomic E-state index is 12.4. The molecule has 2 rings (SSSR count). The lowest BCUT2D eigenvalue weighted by molar-refractivity contribution is -0.125. The van der Waals surface area contributed by atoms with Gasteiger partial charge in [-0.15, -0.1) is 0 Å². The van der Waals surface area contributed by atoms with Gasteiger partial charge >= 0.3 is 0 Å². The third-order valence-corrected chi connectivity index (χ3v) is 5.03. The smallest absolute Gasteiger partial charge is 0.237 e. The summed E-state index contributed by atoms with van der Waals surface area (Å²) in [4.78, 5) is 12.4. The van der Waals surface area contributed by atoms with E-state index >= 15 is 0 Å². The van der Waals surface area contributed by atoms with Crippen LogP contribution in [0.25, 0.3) is 0 Å². The quantitative estimate of drug-likeness (QED) is 0.812. The number of carbonyl (C=O) groups excluding carboxylic acids is 1. The molecule has 2 fully saturated rings. The fourth-order valence-electron chi connectivity index (χ4n) is 3.70. The predicted molar refractivity (Wildman–Crippen MR) is 83.6 cm³/mol. The number of carbonyl (C=O) groups is 1. The number of amides is 1. The lowest BCUT2D eigenvalue weighted by Crippen LogP contribution is -2.55. The molecule has 0 radical (unpaired) electrons. The van der Waals surface area contributed by atoms with E-state index in [0.717, 1.165) is 18.8 Å². The largest absolute Gasteiger partial charge is 0.352 e. The molecule has 0 aromatic heterocycles. The molecule has 20 heavy (non-hydrogen) atoms. The molecule has 1 saturated carbocycles. The van der Waals surface area contributed by atoms with E-state index in [1.807, 2.05) is 0 Å². The molecule has 1 heterocycles. The van der Waals surface area contributed by atoms with Gasteiger partial charge in [0, 0.05) is 12.1 Å². The molecule has 0 spiro atoms. The van der Waals surface area contributed by atoms with Crippen molar-refractivity contribution in [2.45, 2.75) is 90.3 Å². The molecule has 0 aromatic rings. The first-order valence-electron chi connectivity index (χ1n) is 8.62. The minimum atomic E-state index is 0.0517. The van der Waals surface area contributed by atoms with Crippen molar-refractivity contribution in [3.63, 3.8) is 0 Å². The minimum absolute atomic E-state index is 0.0517. The topological polar surface area (TPSA) is 41.1 Å². The van der Waals surface area contributed by atoms with E-state index in [9.17, 15) is 4.79 Å². The Kier molecular flexibility index (Phi) is 5.88. The Hall–Kier alpha value is -0.570. The first-order valence-corrected chi connectivity index (χ1v) is 8.62. The fourth-order valence-corrected chi connectivity index (χ4v) is 3.70. The number of piperidine rings is 1. The Morgan fingerprint density at radius 1 is 1.10 bits per heavy atom. The van der Waals surface area contributed by atoms with E-state index in [4.69, 9.17) is 0 Å². The van der Waals surface area contributed by atoms with Gasteiger partial charge in [0.25, 0.3) is 0 Å². The van der Waals surface area contributed by atoms with Crippen molar-refractivity contribution in [2.24, 2.45) is 11.8 Å². The first-order chi connectivity index (χ1) is 9.56. The molecule has 0 bridgehead atoms. The van der Waals surface area contributed by atoms with Gasteiger partial charge < -0.3 is 10.6 Å². The normalized spacial score (nSPS) is 31.7. The van der Waals surface area contributed by atoms with Gasteiger partial charge in [0.2, 0.25) is 5.91 Å². The van der Waals surface area contributed by atoms with Crippen LogP contribution in [0.5, 0.6) is 0 Å². The highest BCUT2D eigenvalue weighted by molar-refractivity contribution is 5.82. The molecule has 2 aliphatic rings. The van der Waals surface area contributed by atoms with Crippen molar-refractivity contribution in [3.8, 4) is 0 Å². The van der Waals surface area contributed by atoms with Crippen LogP contribution in [0.3, 0.4) is 0 Å². The van der Waals surface area contributed by atoms with Crippen molar-refractivity contribution in [3.05, 3.63) is 0 Å². The van der Waals surface area contributed by atoms with Crippen LogP contribution in [0.2, 0.25) is 0 Å². The van der Waals surface area contributed by atoms with Gasteiger partial charge in [0.1, 0.15) is 0 Å². The Morgan fingerprint density at radius 3 is 2.60 bits per heavy atom. The number of rotatable bonds is 5. The Morgan fingerprint density at radius 2 is 1.85 bits per heavy atom. The maximum absolute atomic E-state index is 12.4. The first kappa shape index (κ1) is 15.8. The molecular weight excluding hydrogens is 248 g/mol. The van der Waals surface area contributed by atoms with Crippen LogP contribution in [-0.2, 0) is 4.79 Å². The monoisotopic (exact) mass is 280 g/mol. The molecule has 1 aliphatic heterocycles. The Balaban J connectivity index is 1.75. The van der Waals surface area contributed by atoms with Gasteiger partial charge in [-0.3, -0.25) is 4.79 Å². The van der Waals surface area contributed by atoms with Gasteiger partial charge in [0.05, 0.1) is 6.04 Å². The molecular formula is C17H32N2O. The SMILES string of the molecule is CC(C)CCC(C)NC(=O)C1CCC2CCCCC2N1. The van der Waals surface area contributed by atoms with Crippen LogP contribution in [-0.4, -0.2) is 24.0 Å². The molecule has 4 atom stereocenters. The number of nitrogens with one attached hydrogen (secondary N) is 2. The molecule has 4 unspecified atom stereocenters. The van der Waals surface area contributed by atoms with Gasteiger partial charge in [0.15, 0.2) is 0 Å². The second kappa shape index (κ2) is 7.44.